The molecule has 2 aliphatic rings. The largest absolute Gasteiger partial charge is 0.493 e. The van der Waals surface area contributed by atoms with Gasteiger partial charge in [0.1, 0.15) is 0 Å². The van der Waals surface area contributed by atoms with Gasteiger partial charge in [-0.15, -0.1) is 0 Å². The van der Waals surface area contributed by atoms with Crippen molar-refractivity contribution < 1.29 is 19.0 Å². The quantitative estimate of drug-likeness (QED) is 0.885. The van der Waals surface area contributed by atoms with Crippen molar-refractivity contribution in [2.75, 3.05) is 33.5 Å². The summed E-state index contributed by atoms with van der Waals surface area (Å²) >= 11 is 0. The molecule has 138 valence electrons. The van der Waals surface area contributed by atoms with Crippen molar-refractivity contribution in [2.45, 2.75) is 33.7 Å². The Hall–Kier alpha value is -1.95. The first kappa shape index (κ1) is 17.9. The van der Waals surface area contributed by atoms with Gasteiger partial charge in [-0.2, -0.15) is 0 Å². The van der Waals surface area contributed by atoms with Crippen molar-refractivity contribution in [3.8, 4) is 17.2 Å². The Morgan fingerprint density at radius 2 is 2.16 bits per heavy atom. The molecular formula is C19H28N2O4. The number of nitrogens with one attached hydrogen (secondary N) is 1. The lowest BCUT2D eigenvalue weighted by Crippen LogP contribution is -2.38. The average Bonchev–Trinajstić information content (AvgIpc) is 3.20. The lowest BCUT2D eigenvalue weighted by molar-refractivity contribution is -0.128. The zero-order valence-electron chi connectivity index (χ0n) is 15.6. The molecule has 1 N–H and O–H groups in total. The molecule has 0 spiro atoms. The number of likely N-dealkylation sites (tertiary alicyclic amines) is 1. The Morgan fingerprint density at radius 1 is 1.36 bits per heavy atom. The van der Waals surface area contributed by atoms with E-state index in [2.05, 4.69) is 10.2 Å². The van der Waals surface area contributed by atoms with Gasteiger partial charge in [0.05, 0.1) is 7.11 Å². The molecule has 6 nitrogen and oxygen atoms in total. The summed E-state index contributed by atoms with van der Waals surface area (Å²) in [5.41, 5.74) is 0.821. The minimum absolute atomic E-state index is 0.117. The van der Waals surface area contributed by atoms with Crippen LogP contribution < -0.4 is 19.5 Å². The van der Waals surface area contributed by atoms with Crippen LogP contribution in [0.25, 0.3) is 0 Å². The lowest BCUT2D eigenvalue weighted by atomic mass is 9.95. The molecule has 25 heavy (non-hydrogen) atoms. The normalized spacial score (nSPS) is 19.9. The highest BCUT2D eigenvalue weighted by Crippen LogP contribution is 2.42. The summed E-state index contributed by atoms with van der Waals surface area (Å²) in [6, 6.07) is 4.04. The zero-order chi connectivity index (χ0) is 18.0. The minimum Gasteiger partial charge on any atom is -0.493 e. The molecule has 0 aliphatic carbocycles. The third-order valence-electron chi connectivity index (χ3n) is 4.73. The molecule has 0 bridgehead atoms. The molecule has 1 atom stereocenters. The highest BCUT2D eigenvalue weighted by molar-refractivity contribution is 5.81. The number of hydrogen-bond donors (Lipinski definition) is 1. The van der Waals surface area contributed by atoms with Crippen LogP contribution in [0.15, 0.2) is 12.1 Å². The fraction of sp³-hybridized carbons (Fsp3) is 0.632. The molecule has 0 aromatic heterocycles. The maximum Gasteiger partial charge on any atom is 0.231 e. The van der Waals surface area contributed by atoms with Crippen LogP contribution in [0.4, 0.5) is 0 Å². The van der Waals surface area contributed by atoms with Crippen LogP contribution in [0.5, 0.6) is 17.2 Å². The van der Waals surface area contributed by atoms with E-state index in [0.717, 1.165) is 49.7 Å². The summed E-state index contributed by atoms with van der Waals surface area (Å²) < 4.78 is 16.3. The van der Waals surface area contributed by atoms with E-state index in [0.29, 0.717) is 11.7 Å². The second-order valence-corrected chi connectivity index (χ2v) is 7.88. The molecule has 2 aliphatic heterocycles. The number of nitrogens with zero attached hydrogens (tertiary/aromatic N) is 1. The van der Waals surface area contributed by atoms with Crippen LogP contribution in [0.3, 0.4) is 0 Å². The van der Waals surface area contributed by atoms with E-state index in [1.807, 2.05) is 32.9 Å². The van der Waals surface area contributed by atoms with Gasteiger partial charge in [-0.25, -0.2) is 0 Å². The molecule has 6 heteroatoms. The molecule has 2 heterocycles. The number of hydrogen-bond acceptors (Lipinski definition) is 5. The Kier molecular flexibility index (Phi) is 5.08. The van der Waals surface area contributed by atoms with E-state index >= 15 is 0 Å². The maximum absolute atomic E-state index is 12.0. The number of fused-ring (bicyclic) bond motifs is 1. The van der Waals surface area contributed by atoms with Gasteiger partial charge in [0.25, 0.3) is 0 Å². The Balaban J connectivity index is 1.54. The molecule has 0 unspecified atom stereocenters. The predicted molar refractivity (Wildman–Crippen MR) is 95.0 cm³/mol. The van der Waals surface area contributed by atoms with Gasteiger partial charge in [0, 0.05) is 25.0 Å². The summed E-state index contributed by atoms with van der Waals surface area (Å²) in [6.45, 7) is 9.68. The van der Waals surface area contributed by atoms with Crippen LogP contribution in [0.2, 0.25) is 0 Å². The zero-order valence-corrected chi connectivity index (χ0v) is 15.6. The smallest absolute Gasteiger partial charge is 0.231 e. The van der Waals surface area contributed by atoms with Crippen LogP contribution >= 0.6 is 0 Å². The highest BCUT2D eigenvalue weighted by atomic mass is 16.7. The first-order chi connectivity index (χ1) is 11.9. The van der Waals surface area contributed by atoms with Crippen molar-refractivity contribution in [1.29, 1.82) is 0 Å². The highest BCUT2D eigenvalue weighted by Gasteiger charge is 2.27. The average molecular weight is 348 g/mol. The van der Waals surface area contributed by atoms with Crippen molar-refractivity contribution in [1.82, 2.24) is 10.2 Å². The lowest BCUT2D eigenvalue weighted by Gasteiger charge is -2.20. The summed E-state index contributed by atoms with van der Waals surface area (Å²) in [7, 11) is 1.64. The fourth-order valence-corrected chi connectivity index (χ4v) is 3.26. The van der Waals surface area contributed by atoms with E-state index < -0.39 is 0 Å². The SMILES string of the molecule is COc1cc(CN2CC[C@@H](CNC(=O)C(C)(C)C)C2)cc2c1OCO2. The number of amides is 1. The molecular weight excluding hydrogens is 320 g/mol. The van der Waals surface area contributed by atoms with E-state index in [1.54, 1.807) is 7.11 Å². The summed E-state index contributed by atoms with van der Waals surface area (Å²) in [5.74, 6) is 2.78. The molecule has 1 saturated heterocycles. The number of carbonyl (C=O) groups is 1. The summed E-state index contributed by atoms with van der Waals surface area (Å²) in [6.07, 6.45) is 1.10. The van der Waals surface area contributed by atoms with Crippen molar-refractivity contribution in [3.63, 3.8) is 0 Å². The molecule has 1 aromatic rings. The van der Waals surface area contributed by atoms with Crippen LogP contribution in [-0.2, 0) is 11.3 Å². The topological polar surface area (TPSA) is 60.0 Å². The molecule has 0 radical (unpaired) electrons. The first-order valence-corrected chi connectivity index (χ1v) is 8.84. The molecule has 1 aromatic carbocycles. The van der Waals surface area contributed by atoms with E-state index in [-0.39, 0.29) is 18.1 Å². The Labute approximate surface area is 149 Å². The molecule has 0 saturated carbocycles. The van der Waals surface area contributed by atoms with Gasteiger partial charge < -0.3 is 19.5 Å². The van der Waals surface area contributed by atoms with E-state index in [4.69, 9.17) is 14.2 Å². The van der Waals surface area contributed by atoms with Crippen molar-refractivity contribution >= 4 is 5.91 Å². The minimum atomic E-state index is -0.332. The van der Waals surface area contributed by atoms with Gasteiger partial charge in [-0.3, -0.25) is 9.69 Å². The second kappa shape index (κ2) is 7.12. The number of benzene rings is 1. The third-order valence-corrected chi connectivity index (χ3v) is 4.73. The number of carbonyl (C=O) groups excluding carboxylic acids is 1. The van der Waals surface area contributed by atoms with Gasteiger partial charge in [-0.1, -0.05) is 20.8 Å². The number of rotatable bonds is 5. The van der Waals surface area contributed by atoms with Crippen molar-refractivity contribution in [2.24, 2.45) is 11.3 Å². The Morgan fingerprint density at radius 3 is 2.88 bits per heavy atom. The van der Waals surface area contributed by atoms with Gasteiger partial charge >= 0.3 is 0 Å². The van der Waals surface area contributed by atoms with Crippen LogP contribution in [0.1, 0.15) is 32.8 Å². The number of ether oxygens (including phenoxy) is 3. The van der Waals surface area contributed by atoms with Gasteiger partial charge in [0.15, 0.2) is 11.5 Å². The number of methoxy groups -OCH3 is 1. The van der Waals surface area contributed by atoms with Crippen LogP contribution in [0, 0.1) is 11.3 Å². The van der Waals surface area contributed by atoms with Crippen LogP contribution in [-0.4, -0.2) is 44.3 Å². The standard InChI is InChI=1S/C19H28N2O4/c1-19(2,3)18(22)20-9-13-5-6-21(10-13)11-14-7-15(23-4)17-16(8-14)24-12-25-17/h7-8,13H,5-6,9-12H2,1-4H3,(H,20,22)/t13-/m0/s1. The fourth-order valence-electron chi connectivity index (χ4n) is 3.26. The van der Waals surface area contributed by atoms with E-state index in [1.165, 1.54) is 0 Å². The monoisotopic (exact) mass is 348 g/mol. The predicted octanol–water partition coefficient (Wildman–Crippen LogP) is 2.41. The maximum atomic E-state index is 12.0. The molecule has 1 fully saturated rings. The molecule has 1 amide bonds. The van der Waals surface area contributed by atoms with Gasteiger partial charge in [0.2, 0.25) is 18.4 Å². The Bertz CT molecular complexity index is 639. The third kappa shape index (κ3) is 4.18. The second-order valence-electron chi connectivity index (χ2n) is 7.88. The van der Waals surface area contributed by atoms with Gasteiger partial charge in [-0.05, 0) is 36.6 Å². The van der Waals surface area contributed by atoms with E-state index in [9.17, 15) is 4.79 Å². The van der Waals surface area contributed by atoms with Crippen molar-refractivity contribution in [3.05, 3.63) is 17.7 Å². The molecule has 3 rings (SSSR count). The summed E-state index contributed by atoms with van der Waals surface area (Å²) in [4.78, 5) is 14.4. The summed E-state index contributed by atoms with van der Waals surface area (Å²) in [5, 5.41) is 3.08. The first-order valence-electron chi connectivity index (χ1n) is 8.84.